The van der Waals surface area contributed by atoms with Crippen molar-refractivity contribution in [3.63, 3.8) is 0 Å². The Labute approximate surface area is 140 Å². The second-order valence-corrected chi connectivity index (χ2v) is 6.05. The predicted molar refractivity (Wildman–Crippen MR) is 87.5 cm³/mol. The third-order valence-corrected chi connectivity index (χ3v) is 4.00. The van der Waals surface area contributed by atoms with Crippen LogP contribution in [0.15, 0.2) is 30.3 Å². The number of ether oxygens (including phenoxy) is 1. The molecule has 1 amide bonds. The number of nitrogens with zero attached hydrogens (tertiary/aromatic N) is 3. The average Bonchev–Trinajstić information content (AvgIpc) is 2.54. The maximum Gasteiger partial charge on any atom is 0.317 e. The Morgan fingerprint density at radius 3 is 2.67 bits per heavy atom. The molecule has 0 spiro atoms. The number of piperidine rings is 1. The van der Waals surface area contributed by atoms with Crippen molar-refractivity contribution in [3.05, 3.63) is 53.1 Å². The fourth-order valence-electron chi connectivity index (χ4n) is 2.92. The highest BCUT2D eigenvalue weighted by molar-refractivity contribution is 5.94. The van der Waals surface area contributed by atoms with Gasteiger partial charge in [0.05, 0.1) is 12.1 Å². The third-order valence-electron chi connectivity index (χ3n) is 4.00. The van der Waals surface area contributed by atoms with Crippen LogP contribution in [0.1, 0.15) is 34.6 Å². The molecule has 1 aromatic carbocycles. The lowest BCUT2D eigenvalue weighted by Crippen LogP contribution is -2.44. The van der Waals surface area contributed by atoms with Gasteiger partial charge in [-0.3, -0.25) is 4.79 Å². The molecule has 24 heavy (non-hydrogen) atoms. The van der Waals surface area contributed by atoms with E-state index in [0.29, 0.717) is 19.1 Å². The van der Waals surface area contributed by atoms with Crippen molar-refractivity contribution < 1.29 is 13.9 Å². The summed E-state index contributed by atoms with van der Waals surface area (Å²) in [4.78, 5) is 22.7. The number of amides is 1. The standard InChI is InChI=1S/C18H20FN3O2/c1-12-10-13(2)21-18(20-12)24-14-6-5-9-22(11-14)17(23)15-7-3-4-8-16(15)19/h3-4,7-8,10,14H,5-6,9,11H2,1-2H3. The van der Waals surface area contributed by atoms with Gasteiger partial charge in [0, 0.05) is 17.9 Å². The van der Waals surface area contributed by atoms with Crippen LogP contribution in [0.4, 0.5) is 4.39 Å². The van der Waals surface area contributed by atoms with Gasteiger partial charge in [0.25, 0.3) is 5.91 Å². The largest absolute Gasteiger partial charge is 0.458 e. The summed E-state index contributed by atoms with van der Waals surface area (Å²) >= 11 is 0. The lowest BCUT2D eigenvalue weighted by Gasteiger charge is -2.32. The van der Waals surface area contributed by atoms with Crippen LogP contribution in [0.3, 0.4) is 0 Å². The summed E-state index contributed by atoms with van der Waals surface area (Å²) < 4.78 is 19.7. The van der Waals surface area contributed by atoms with Crippen molar-refractivity contribution in [1.29, 1.82) is 0 Å². The molecule has 0 saturated carbocycles. The van der Waals surface area contributed by atoms with E-state index >= 15 is 0 Å². The van der Waals surface area contributed by atoms with Crippen molar-refractivity contribution in [2.24, 2.45) is 0 Å². The number of hydrogen-bond acceptors (Lipinski definition) is 4. The summed E-state index contributed by atoms with van der Waals surface area (Å²) in [7, 11) is 0. The van der Waals surface area contributed by atoms with Crippen LogP contribution in [-0.2, 0) is 0 Å². The van der Waals surface area contributed by atoms with E-state index in [2.05, 4.69) is 9.97 Å². The Bertz CT molecular complexity index is 731. The third kappa shape index (κ3) is 3.69. The minimum atomic E-state index is -0.497. The molecular weight excluding hydrogens is 309 g/mol. The second kappa shape index (κ2) is 6.95. The van der Waals surface area contributed by atoms with Crippen LogP contribution >= 0.6 is 0 Å². The van der Waals surface area contributed by atoms with E-state index in [4.69, 9.17) is 4.74 Å². The van der Waals surface area contributed by atoms with Gasteiger partial charge in [-0.25, -0.2) is 14.4 Å². The molecule has 1 saturated heterocycles. The summed E-state index contributed by atoms with van der Waals surface area (Å²) in [5.74, 6) is -0.800. The van der Waals surface area contributed by atoms with E-state index in [1.54, 1.807) is 17.0 Å². The fraction of sp³-hybridized carbons (Fsp3) is 0.389. The van der Waals surface area contributed by atoms with Gasteiger partial charge in [0.15, 0.2) is 0 Å². The number of halogens is 1. The zero-order chi connectivity index (χ0) is 17.1. The molecule has 0 N–H and O–H groups in total. The van der Waals surface area contributed by atoms with Gasteiger partial charge in [-0.1, -0.05) is 12.1 Å². The monoisotopic (exact) mass is 329 g/mol. The molecule has 1 aromatic heterocycles. The Morgan fingerprint density at radius 1 is 1.25 bits per heavy atom. The normalized spacial score (nSPS) is 17.6. The summed E-state index contributed by atoms with van der Waals surface area (Å²) in [5.41, 5.74) is 1.78. The summed E-state index contributed by atoms with van der Waals surface area (Å²) in [6.45, 7) is 4.77. The molecule has 2 heterocycles. The molecule has 1 atom stereocenters. The van der Waals surface area contributed by atoms with Crippen LogP contribution in [0, 0.1) is 19.7 Å². The van der Waals surface area contributed by atoms with E-state index in [1.165, 1.54) is 12.1 Å². The van der Waals surface area contributed by atoms with Gasteiger partial charge < -0.3 is 9.64 Å². The Kier molecular flexibility index (Phi) is 4.74. The first kappa shape index (κ1) is 16.4. The first-order valence-corrected chi connectivity index (χ1v) is 8.05. The van der Waals surface area contributed by atoms with Crippen molar-refractivity contribution in [2.75, 3.05) is 13.1 Å². The Hall–Kier alpha value is -2.50. The maximum atomic E-state index is 13.8. The predicted octanol–water partition coefficient (Wildman–Crippen LogP) is 2.92. The Morgan fingerprint density at radius 2 is 1.96 bits per heavy atom. The lowest BCUT2D eigenvalue weighted by atomic mass is 10.1. The van der Waals surface area contributed by atoms with E-state index in [9.17, 15) is 9.18 Å². The van der Waals surface area contributed by atoms with E-state index < -0.39 is 5.82 Å². The zero-order valence-corrected chi connectivity index (χ0v) is 13.8. The number of hydrogen-bond donors (Lipinski definition) is 0. The molecule has 1 aliphatic rings. The molecule has 0 bridgehead atoms. The molecule has 1 unspecified atom stereocenters. The number of carbonyl (C=O) groups is 1. The van der Waals surface area contributed by atoms with Crippen LogP contribution in [0.25, 0.3) is 0 Å². The highest BCUT2D eigenvalue weighted by atomic mass is 19.1. The smallest absolute Gasteiger partial charge is 0.317 e. The number of benzene rings is 1. The second-order valence-electron chi connectivity index (χ2n) is 6.05. The highest BCUT2D eigenvalue weighted by Crippen LogP contribution is 2.19. The summed E-state index contributed by atoms with van der Waals surface area (Å²) in [6, 6.07) is 8.26. The zero-order valence-electron chi connectivity index (χ0n) is 13.8. The van der Waals surface area contributed by atoms with Crippen molar-refractivity contribution in [2.45, 2.75) is 32.8 Å². The minimum Gasteiger partial charge on any atom is -0.458 e. The molecular formula is C18H20FN3O2. The number of aromatic nitrogens is 2. The highest BCUT2D eigenvalue weighted by Gasteiger charge is 2.27. The van der Waals surface area contributed by atoms with Gasteiger partial charge in [-0.2, -0.15) is 0 Å². The number of likely N-dealkylation sites (tertiary alicyclic amines) is 1. The van der Waals surface area contributed by atoms with Crippen molar-refractivity contribution in [3.8, 4) is 6.01 Å². The molecule has 0 aliphatic carbocycles. The molecule has 2 aromatic rings. The van der Waals surface area contributed by atoms with Crippen LogP contribution < -0.4 is 4.74 Å². The minimum absolute atomic E-state index is 0.0980. The van der Waals surface area contributed by atoms with Crippen LogP contribution in [0.2, 0.25) is 0 Å². The molecule has 1 aliphatic heterocycles. The lowest BCUT2D eigenvalue weighted by molar-refractivity contribution is 0.0511. The van der Waals surface area contributed by atoms with E-state index in [0.717, 1.165) is 24.2 Å². The maximum absolute atomic E-state index is 13.8. The average molecular weight is 329 g/mol. The summed E-state index contributed by atoms with van der Waals surface area (Å²) in [5, 5.41) is 0. The Balaban J connectivity index is 1.70. The summed E-state index contributed by atoms with van der Waals surface area (Å²) in [6.07, 6.45) is 1.43. The topological polar surface area (TPSA) is 55.3 Å². The quantitative estimate of drug-likeness (QED) is 0.869. The molecule has 126 valence electrons. The van der Waals surface area contributed by atoms with Gasteiger partial charge in [-0.15, -0.1) is 0 Å². The van der Waals surface area contributed by atoms with Gasteiger partial charge in [0.2, 0.25) is 0 Å². The van der Waals surface area contributed by atoms with Crippen molar-refractivity contribution in [1.82, 2.24) is 14.9 Å². The molecule has 1 fully saturated rings. The van der Waals surface area contributed by atoms with Crippen molar-refractivity contribution >= 4 is 5.91 Å². The molecule has 3 rings (SSSR count). The van der Waals surface area contributed by atoms with E-state index in [-0.39, 0.29) is 17.6 Å². The van der Waals surface area contributed by atoms with Gasteiger partial charge in [-0.05, 0) is 44.9 Å². The number of aryl methyl sites for hydroxylation is 2. The van der Waals surface area contributed by atoms with Crippen LogP contribution in [-0.4, -0.2) is 40.0 Å². The molecule has 5 nitrogen and oxygen atoms in total. The van der Waals surface area contributed by atoms with E-state index in [1.807, 2.05) is 19.9 Å². The SMILES string of the molecule is Cc1cc(C)nc(OC2CCCN(C(=O)c3ccccc3F)C2)n1. The first-order valence-electron chi connectivity index (χ1n) is 8.05. The van der Waals surface area contributed by atoms with Gasteiger partial charge in [0.1, 0.15) is 11.9 Å². The number of rotatable bonds is 3. The van der Waals surface area contributed by atoms with Crippen LogP contribution in [0.5, 0.6) is 6.01 Å². The fourth-order valence-corrected chi connectivity index (χ4v) is 2.92. The number of carbonyl (C=O) groups excluding carboxylic acids is 1. The van der Waals surface area contributed by atoms with Gasteiger partial charge >= 0.3 is 6.01 Å². The molecule has 6 heteroatoms. The molecule has 0 radical (unpaired) electrons. The first-order chi connectivity index (χ1) is 11.5.